The van der Waals surface area contributed by atoms with Crippen LogP contribution in [0.4, 0.5) is 0 Å². The predicted octanol–water partition coefficient (Wildman–Crippen LogP) is 2.60. The third-order valence-electron chi connectivity index (χ3n) is 3.03. The van der Waals surface area contributed by atoms with Crippen LogP contribution in [-0.4, -0.2) is 23.4 Å². The van der Waals surface area contributed by atoms with E-state index < -0.39 is 0 Å². The van der Waals surface area contributed by atoms with Gasteiger partial charge in [-0.25, -0.2) is 0 Å². The Kier molecular flexibility index (Phi) is 4.18. The number of carbonyl (C=O) groups is 1. The Morgan fingerprint density at radius 3 is 2.93 bits per heavy atom. The fourth-order valence-corrected chi connectivity index (χ4v) is 2.00. The molecule has 2 heteroatoms. The van der Waals surface area contributed by atoms with E-state index in [1.165, 1.54) is 12.8 Å². The first-order valence-corrected chi connectivity index (χ1v) is 5.61. The largest absolute Gasteiger partial charge is 0.339 e. The molecule has 1 rings (SSSR count). The number of hydrogen-bond donors (Lipinski definition) is 0. The maximum absolute atomic E-state index is 11.6. The van der Waals surface area contributed by atoms with Gasteiger partial charge in [-0.2, -0.15) is 0 Å². The minimum absolute atomic E-state index is 0.304. The predicted molar refractivity (Wildman–Crippen MR) is 59.0 cm³/mol. The fourth-order valence-electron chi connectivity index (χ4n) is 2.00. The van der Waals surface area contributed by atoms with Gasteiger partial charge < -0.3 is 4.90 Å². The summed E-state index contributed by atoms with van der Waals surface area (Å²) in [5.74, 6) is 0.685. The van der Waals surface area contributed by atoms with Crippen LogP contribution in [0.25, 0.3) is 0 Å². The highest BCUT2D eigenvalue weighted by molar-refractivity contribution is 5.79. The lowest BCUT2D eigenvalue weighted by atomic mass is 10.1. The van der Waals surface area contributed by atoms with Crippen molar-refractivity contribution in [3.05, 3.63) is 12.7 Å². The Labute approximate surface area is 87.0 Å². The zero-order valence-corrected chi connectivity index (χ0v) is 9.33. The topological polar surface area (TPSA) is 20.3 Å². The molecule has 1 fully saturated rings. The molecular weight excluding hydrogens is 174 g/mol. The summed E-state index contributed by atoms with van der Waals surface area (Å²) in [4.78, 5) is 13.6. The van der Waals surface area contributed by atoms with E-state index in [1.54, 1.807) is 0 Å². The molecule has 14 heavy (non-hydrogen) atoms. The molecule has 0 aromatic carbocycles. The van der Waals surface area contributed by atoms with Crippen molar-refractivity contribution in [2.24, 2.45) is 5.92 Å². The SMILES string of the molecule is C=CC1CC(=O)N(C(C)CCCC)C1. The second-order valence-electron chi connectivity index (χ2n) is 4.24. The van der Waals surface area contributed by atoms with Gasteiger partial charge in [0, 0.05) is 24.9 Å². The fraction of sp³-hybridized carbons (Fsp3) is 0.750. The summed E-state index contributed by atoms with van der Waals surface area (Å²) >= 11 is 0. The summed E-state index contributed by atoms with van der Waals surface area (Å²) in [7, 11) is 0. The van der Waals surface area contributed by atoms with E-state index >= 15 is 0 Å². The van der Waals surface area contributed by atoms with E-state index in [9.17, 15) is 4.79 Å². The van der Waals surface area contributed by atoms with Crippen molar-refractivity contribution in [2.45, 2.75) is 45.6 Å². The Bertz CT molecular complexity index is 212. The number of nitrogens with zero attached hydrogens (tertiary/aromatic N) is 1. The van der Waals surface area contributed by atoms with Gasteiger partial charge in [0.05, 0.1) is 0 Å². The number of carbonyl (C=O) groups excluding carboxylic acids is 1. The van der Waals surface area contributed by atoms with Gasteiger partial charge in [-0.15, -0.1) is 6.58 Å². The van der Waals surface area contributed by atoms with Crippen LogP contribution in [0.3, 0.4) is 0 Å². The molecule has 0 saturated carbocycles. The van der Waals surface area contributed by atoms with Crippen molar-refractivity contribution in [1.29, 1.82) is 0 Å². The van der Waals surface area contributed by atoms with E-state index in [0.717, 1.165) is 13.0 Å². The highest BCUT2D eigenvalue weighted by Crippen LogP contribution is 2.22. The van der Waals surface area contributed by atoms with Crippen LogP contribution in [-0.2, 0) is 4.79 Å². The second-order valence-corrected chi connectivity index (χ2v) is 4.24. The summed E-state index contributed by atoms with van der Waals surface area (Å²) in [6.07, 6.45) is 6.12. The summed E-state index contributed by atoms with van der Waals surface area (Å²) in [5.41, 5.74) is 0. The molecule has 1 heterocycles. The van der Waals surface area contributed by atoms with Gasteiger partial charge in [-0.05, 0) is 13.3 Å². The molecule has 2 unspecified atom stereocenters. The molecule has 80 valence electrons. The van der Waals surface area contributed by atoms with Gasteiger partial charge in [0.25, 0.3) is 0 Å². The average molecular weight is 195 g/mol. The van der Waals surface area contributed by atoms with Gasteiger partial charge in [-0.3, -0.25) is 4.79 Å². The van der Waals surface area contributed by atoms with Gasteiger partial charge in [0.2, 0.25) is 5.91 Å². The number of unbranched alkanes of at least 4 members (excludes halogenated alkanes) is 1. The average Bonchev–Trinajstić information content (AvgIpc) is 2.56. The van der Waals surface area contributed by atoms with E-state index in [4.69, 9.17) is 0 Å². The summed E-state index contributed by atoms with van der Waals surface area (Å²) in [6, 6.07) is 0.410. The molecule has 0 aromatic heterocycles. The van der Waals surface area contributed by atoms with Gasteiger partial charge >= 0.3 is 0 Å². The quantitative estimate of drug-likeness (QED) is 0.617. The van der Waals surface area contributed by atoms with Crippen LogP contribution in [0.5, 0.6) is 0 Å². The number of likely N-dealkylation sites (tertiary alicyclic amines) is 1. The summed E-state index contributed by atoms with van der Waals surface area (Å²) < 4.78 is 0. The molecule has 1 saturated heterocycles. The molecule has 0 bridgehead atoms. The Morgan fingerprint density at radius 2 is 2.43 bits per heavy atom. The number of hydrogen-bond acceptors (Lipinski definition) is 1. The minimum atomic E-state index is 0.304. The second kappa shape index (κ2) is 5.18. The maximum atomic E-state index is 11.6. The van der Waals surface area contributed by atoms with Crippen molar-refractivity contribution in [1.82, 2.24) is 4.90 Å². The first-order chi connectivity index (χ1) is 6.69. The number of amides is 1. The Balaban J connectivity index is 2.43. The molecule has 0 aliphatic carbocycles. The molecule has 1 aliphatic rings. The molecule has 1 amide bonds. The zero-order valence-electron chi connectivity index (χ0n) is 9.33. The molecular formula is C12H21NO. The first-order valence-electron chi connectivity index (χ1n) is 5.61. The van der Waals surface area contributed by atoms with Crippen LogP contribution in [0.2, 0.25) is 0 Å². The standard InChI is InChI=1S/C12H21NO/c1-4-6-7-10(3)13-9-11(5-2)8-12(13)14/h5,10-11H,2,4,6-9H2,1,3H3. The Hall–Kier alpha value is -0.790. The third kappa shape index (κ3) is 2.60. The van der Waals surface area contributed by atoms with Crippen molar-refractivity contribution < 1.29 is 4.79 Å². The van der Waals surface area contributed by atoms with Crippen LogP contribution in [0.1, 0.15) is 39.5 Å². The highest BCUT2D eigenvalue weighted by atomic mass is 16.2. The van der Waals surface area contributed by atoms with E-state index in [1.807, 2.05) is 11.0 Å². The van der Waals surface area contributed by atoms with Crippen molar-refractivity contribution in [3.63, 3.8) is 0 Å². The highest BCUT2D eigenvalue weighted by Gasteiger charge is 2.30. The van der Waals surface area contributed by atoms with Crippen molar-refractivity contribution in [2.75, 3.05) is 6.54 Å². The Morgan fingerprint density at radius 1 is 1.71 bits per heavy atom. The van der Waals surface area contributed by atoms with E-state index in [0.29, 0.717) is 24.3 Å². The molecule has 0 spiro atoms. The van der Waals surface area contributed by atoms with Gasteiger partial charge in [0.15, 0.2) is 0 Å². The third-order valence-corrected chi connectivity index (χ3v) is 3.03. The van der Waals surface area contributed by atoms with Crippen LogP contribution in [0.15, 0.2) is 12.7 Å². The lowest BCUT2D eigenvalue weighted by Gasteiger charge is -2.24. The monoisotopic (exact) mass is 195 g/mol. The first kappa shape index (κ1) is 11.3. The van der Waals surface area contributed by atoms with Gasteiger partial charge in [-0.1, -0.05) is 25.8 Å². The van der Waals surface area contributed by atoms with E-state index in [-0.39, 0.29) is 0 Å². The molecule has 0 aromatic rings. The maximum Gasteiger partial charge on any atom is 0.223 e. The van der Waals surface area contributed by atoms with Crippen molar-refractivity contribution in [3.8, 4) is 0 Å². The molecule has 0 radical (unpaired) electrons. The summed E-state index contributed by atoms with van der Waals surface area (Å²) in [6.45, 7) is 8.97. The summed E-state index contributed by atoms with van der Waals surface area (Å²) in [5, 5.41) is 0. The molecule has 1 aliphatic heterocycles. The van der Waals surface area contributed by atoms with Crippen LogP contribution >= 0.6 is 0 Å². The number of rotatable bonds is 5. The lowest BCUT2D eigenvalue weighted by Crippen LogP contribution is -2.34. The van der Waals surface area contributed by atoms with Crippen LogP contribution in [0, 0.1) is 5.92 Å². The van der Waals surface area contributed by atoms with Crippen LogP contribution < -0.4 is 0 Å². The van der Waals surface area contributed by atoms with E-state index in [2.05, 4.69) is 20.4 Å². The molecule has 2 atom stereocenters. The normalized spacial score (nSPS) is 24.0. The van der Waals surface area contributed by atoms with Crippen molar-refractivity contribution >= 4 is 5.91 Å². The smallest absolute Gasteiger partial charge is 0.223 e. The molecule has 2 nitrogen and oxygen atoms in total. The lowest BCUT2D eigenvalue weighted by molar-refractivity contribution is -0.129. The zero-order chi connectivity index (χ0) is 10.6. The minimum Gasteiger partial charge on any atom is -0.339 e. The molecule has 0 N–H and O–H groups in total. The van der Waals surface area contributed by atoms with Gasteiger partial charge in [0.1, 0.15) is 0 Å².